The molecule has 0 bridgehead atoms. The van der Waals surface area contributed by atoms with E-state index in [-0.39, 0.29) is 11.4 Å². The minimum absolute atomic E-state index is 0.139. The molecule has 1 saturated carbocycles. The molecule has 0 aromatic heterocycles. The zero-order valence-electron chi connectivity index (χ0n) is 11.1. The van der Waals surface area contributed by atoms with E-state index in [1.54, 1.807) is 0 Å². The molecule has 0 aromatic rings. The molecule has 1 aliphatic rings. The van der Waals surface area contributed by atoms with Gasteiger partial charge in [0.05, 0.1) is 6.10 Å². The lowest BCUT2D eigenvalue weighted by atomic mass is 9.79. The van der Waals surface area contributed by atoms with Crippen molar-refractivity contribution < 1.29 is 9.53 Å². The van der Waals surface area contributed by atoms with Crippen LogP contribution in [0.1, 0.15) is 46.5 Å². The summed E-state index contributed by atoms with van der Waals surface area (Å²) >= 11 is 5.70. The normalized spacial score (nSPS) is 24.2. The Hall–Kier alpha value is -0.280. The highest BCUT2D eigenvalue weighted by molar-refractivity contribution is 6.17. The number of hydrogen-bond donors (Lipinski definition) is 1. The molecular formula is C13H24ClNO2. The van der Waals surface area contributed by atoms with E-state index in [9.17, 15) is 4.79 Å². The van der Waals surface area contributed by atoms with E-state index in [0.29, 0.717) is 24.3 Å². The third kappa shape index (κ3) is 5.26. The van der Waals surface area contributed by atoms with Gasteiger partial charge in [-0.1, -0.05) is 0 Å². The fraction of sp³-hybridized carbons (Fsp3) is 0.923. The third-order valence-electron chi connectivity index (χ3n) is 3.27. The summed E-state index contributed by atoms with van der Waals surface area (Å²) in [4.78, 5) is 11.8. The van der Waals surface area contributed by atoms with Crippen molar-refractivity contribution >= 4 is 17.5 Å². The molecule has 1 aliphatic carbocycles. The molecule has 1 fully saturated rings. The first-order chi connectivity index (χ1) is 7.96. The van der Waals surface area contributed by atoms with Gasteiger partial charge in [0, 0.05) is 24.4 Å². The van der Waals surface area contributed by atoms with Crippen LogP contribution in [0.5, 0.6) is 0 Å². The molecule has 0 spiro atoms. The standard InChI is InChI=1S/C13H24ClNO2/c1-4-17-11-7-10(8-11)9-12(16)15-13(2,3)5-6-14/h10-11H,4-9H2,1-3H3,(H,15,16). The van der Waals surface area contributed by atoms with Crippen LogP contribution < -0.4 is 5.32 Å². The zero-order valence-corrected chi connectivity index (χ0v) is 11.8. The molecule has 0 aromatic carbocycles. The Bertz CT molecular complexity index is 250. The molecule has 0 radical (unpaired) electrons. The Labute approximate surface area is 109 Å². The summed E-state index contributed by atoms with van der Waals surface area (Å²) in [5.74, 6) is 1.21. The van der Waals surface area contributed by atoms with Gasteiger partial charge in [0.1, 0.15) is 0 Å². The summed E-state index contributed by atoms with van der Waals surface area (Å²) in [6.07, 6.45) is 3.85. The van der Waals surface area contributed by atoms with Gasteiger partial charge in [-0.15, -0.1) is 11.6 Å². The van der Waals surface area contributed by atoms with Gasteiger partial charge in [-0.05, 0) is 46.0 Å². The maximum atomic E-state index is 11.8. The molecule has 0 unspecified atom stereocenters. The van der Waals surface area contributed by atoms with E-state index in [1.165, 1.54) is 0 Å². The van der Waals surface area contributed by atoms with Crippen molar-refractivity contribution in [1.29, 1.82) is 0 Å². The van der Waals surface area contributed by atoms with Crippen LogP contribution in [0.3, 0.4) is 0 Å². The van der Waals surface area contributed by atoms with Gasteiger partial charge in [0.2, 0.25) is 5.91 Å². The molecule has 0 heterocycles. The quantitative estimate of drug-likeness (QED) is 0.716. The van der Waals surface area contributed by atoms with Gasteiger partial charge < -0.3 is 10.1 Å². The maximum Gasteiger partial charge on any atom is 0.220 e. The molecule has 3 nitrogen and oxygen atoms in total. The van der Waals surface area contributed by atoms with Crippen molar-refractivity contribution in [3.8, 4) is 0 Å². The van der Waals surface area contributed by atoms with Crippen LogP contribution in [0.2, 0.25) is 0 Å². The SMILES string of the molecule is CCOC1CC(CC(=O)NC(C)(C)CCCl)C1. The zero-order chi connectivity index (χ0) is 12.9. The molecule has 100 valence electrons. The summed E-state index contributed by atoms with van der Waals surface area (Å²) in [5.41, 5.74) is -0.193. The number of carbonyl (C=O) groups is 1. The second-order valence-electron chi connectivity index (χ2n) is 5.49. The Morgan fingerprint density at radius 1 is 1.47 bits per heavy atom. The van der Waals surface area contributed by atoms with Crippen LogP contribution in [0.25, 0.3) is 0 Å². The molecule has 0 atom stereocenters. The largest absolute Gasteiger partial charge is 0.378 e. The topological polar surface area (TPSA) is 38.3 Å². The van der Waals surface area contributed by atoms with Crippen molar-refractivity contribution in [1.82, 2.24) is 5.32 Å². The van der Waals surface area contributed by atoms with E-state index in [2.05, 4.69) is 5.32 Å². The van der Waals surface area contributed by atoms with E-state index < -0.39 is 0 Å². The second-order valence-corrected chi connectivity index (χ2v) is 5.87. The minimum atomic E-state index is -0.193. The summed E-state index contributed by atoms with van der Waals surface area (Å²) in [5, 5.41) is 3.04. The van der Waals surface area contributed by atoms with Crippen molar-refractivity contribution in [2.45, 2.75) is 58.1 Å². The molecule has 0 aliphatic heterocycles. The molecule has 4 heteroatoms. The summed E-state index contributed by atoms with van der Waals surface area (Å²) in [6, 6.07) is 0. The van der Waals surface area contributed by atoms with Gasteiger partial charge in [-0.25, -0.2) is 0 Å². The fourth-order valence-corrected chi connectivity index (χ4v) is 2.67. The van der Waals surface area contributed by atoms with Gasteiger partial charge in [0.15, 0.2) is 0 Å². The number of rotatable bonds is 7. The number of amides is 1. The van der Waals surface area contributed by atoms with Crippen molar-refractivity contribution in [2.24, 2.45) is 5.92 Å². The second kappa shape index (κ2) is 6.60. The Kier molecular flexibility index (Phi) is 5.74. The lowest BCUT2D eigenvalue weighted by Gasteiger charge is -2.35. The third-order valence-corrected chi connectivity index (χ3v) is 3.46. The Morgan fingerprint density at radius 3 is 2.65 bits per heavy atom. The van der Waals surface area contributed by atoms with Gasteiger partial charge >= 0.3 is 0 Å². The monoisotopic (exact) mass is 261 g/mol. The lowest BCUT2D eigenvalue weighted by Crippen LogP contribution is -2.45. The van der Waals surface area contributed by atoms with Crippen LogP contribution in [0.4, 0.5) is 0 Å². The fourth-order valence-electron chi connectivity index (χ4n) is 2.20. The average molecular weight is 262 g/mol. The molecular weight excluding hydrogens is 238 g/mol. The molecule has 1 rings (SSSR count). The van der Waals surface area contributed by atoms with Crippen LogP contribution in [-0.4, -0.2) is 30.0 Å². The Balaban J connectivity index is 2.18. The predicted molar refractivity (Wildman–Crippen MR) is 70.3 cm³/mol. The van der Waals surface area contributed by atoms with Crippen molar-refractivity contribution in [3.63, 3.8) is 0 Å². The van der Waals surface area contributed by atoms with Crippen molar-refractivity contribution in [3.05, 3.63) is 0 Å². The number of halogens is 1. The van der Waals surface area contributed by atoms with Crippen LogP contribution >= 0.6 is 11.6 Å². The van der Waals surface area contributed by atoms with Crippen LogP contribution in [-0.2, 0) is 9.53 Å². The Morgan fingerprint density at radius 2 is 2.12 bits per heavy atom. The number of hydrogen-bond acceptors (Lipinski definition) is 2. The molecule has 1 amide bonds. The van der Waals surface area contributed by atoms with Crippen molar-refractivity contribution in [2.75, 3.05) is 12.5 Å². The number of alkyl halides is 1. The van der Waals surface area contributed by atoms with E-state index >= 15 is 0 Å². The summed E-state index contributed by atoms with van der Waals surface area (Å²) in [7, 11) is 0. The average Bonchev–Trinajstić information content (AvgIpc) is 2.13. The smallest absolute Gasteiger partial charge is 0.220 e. The first kappa shape index (κ1) is 14.8. The minimum Gasteiger partial charge on any atom is -0.378 e. The van der Waals surface area contributed by atoms with Gasteiger partial charge in [-0.2, -0.15) is 0 Å². The number of carbonyl (C=O) groups excluding carboxylic acids is 1. The van der Waals surface area contributed by atoms with E-state index in [0.717, 1.165) is 25.9 Å². The van der Waals surface area contributed by atoms with Gasteiger partial charge in [-0.3, -0.25) is 4.79 Å². The first-order valence-corrected chi connectivity index (χ1v) is 6.99. The lowest BCUT2D eigenvalue weighted by molar-refractivity contribution is -0.125. The first-order valence-electron chi connectivity index (χ1n) is 6.45. The van der Waals surface area contributed by atoms with Gasteiger partial charge in [0.25, 0.3) is 0 Å². The van der Waals surface area contributed by atoms with Crippen LogP contribution in [0.15, 0.2) is 0 Å². The number of nitrogens with one attached hydrogen (secondary N) is 1. The highest BCUT2D eigenvalue weighted by atomic mass is 35.5. The summed E-state index contributed by atoms with van der Waals surface area (Å²) < 4.78 is 5.48. The predicted octanol–water partition coefficient (Wildman–Crippen LogP) is 2.72. The highest BCUT2D eigenvalue weighted by Crippen LogP contribution is 2.32. The maximum absolute atomic E-state index is 11.8. The number of ether oxygens (including phenoxy) is 1. The summed E-state index contributed by atoms with van der Waals surface area (Å²) in [6.45, 7) is 6.80. The molecule has 17 heavy (non-hydrogen) atoms. The van der Waals surface area contributed by atoms with E-state index in [4.69, 9.17) is 16.3 Å². The highest BCUT2D eigenvalue weighted by Gasteiger charge is 2.32. The van der Waals surface area contributed by atoms with Crippen LogP contribution in [0, 0.1) is 5.92 Å². The molecule has 1 N–H and O–H groups in total. The van der Waals surface area contributed by atoms with E-state index in [1.807, 2.05) is 20.8 Å². The molecule has 0 saturated heterocycles.